The van der Waals surface area contributed by atoms with Crippen LogP contribution >= 0.6 is 0 Å². The number of benzene rings is 1. The second kappa shape index (κ2) is 4.62. The van der Waals surface area contributed by atoms with Gasteiger partial charge in [-0.25, -0.2) is 0 Å². The third-order valence-corrected chi connectivity index (χ3v) is 2.79. The molecular formula is C14H19N3. The first-order valence-corrected chi connectivity index (χ1v) is 5.94. The minimum absolute atomic E-state index is 0.369. The van der Waals surface area contributed by atoms with Crippen molar-refractivity contribution in [3.63, 3.8) is 0 Å². The molecule has 0 saturated carbocycles. The Morgan fingerprint density at radius 1 is 1.35 bits per heavy atom. The van der Waals surface area contributed by atoms with E-state index in [-0.39, 0.29) is 0 Å². The van der Waals surface area contributed by atoms with E-state index in [1.54, 1.807) is 0 Å². The standard InChI is InChI=1S/C14H19N3/c1-10(2)14-13(15)9-17(16-14)8-12-6-4-5-11(3)7-12/h4-7,9-10H,8,15H2,1-3H3. The Bertz CT molecular complexity index is 512. The summed E-state index contributed by atoms with van der Waals surface area (Å²) in [6, 6.07) is 8.45. The number of rotatable bonds is 3. The Labute approximate surface area is 102 Å². The van der Waals surface area contributed by atoms with Crippen molar-refractivity contribution in [2.24, 2.45) is 0 Å². The van der Waals surface area contributed by atoms with Crippen molar-refractivity contribution >= 4 is 5.69 Å². The van der Waals surface area contributed by atoms with Crippen molar-refractivity contribution in [2.45, 2.75) is 33.2 Å². The number of hydrogen-bond donors (Lipinski definition) is 1. The maximum absolute atomic E-state index is 5.94. The van der Waals surface area contributed by atoms with Crippen molar-refractivity contribution in [3.05, 3.63) is 47.3 Å². The van der Waals surface area contributed by atoms with Crippen molar-refractivity contribution in [2.75, 3.05) is 5.73 Å². The lowest BCUT2D eigenvalue weighted by Gasteiger charge is -2.03. The van der Waals surface area contributed by atoms with E-state index in [2.05, 4.69) is 50.1 Å². The van der Waals surface area contributed by atoms with E-state index in [4.69, 9.17) is 5.73 Å². The number of aromatic nitrogens is 2. The molecule has 2 aromatic rings. The monoisotopic (exact) mass is 229 g/mol. The highest BCUT2D eigenvalue weighted by Crippen LogP contribution is 2.19. The van der Waals surface area contributed by atoms with Crippen LogP contribution in [0, 0.1) is 6.92 Å². The van der Waals surface area contributed by atoms with E-state index in [0.717, 1.165) is 17.9 Å². The summed E-state index contributed by atoms with van der Waals surface area (Å²) in [4.78, 5) is 0. The molecule has 0 aliphatic heterocycles. The number of anilines is 1. The van der Waals surface area contributed by atoms with Gasteiger partial charge in [-0.2, -0.15) is 5.10 Å². The first-order valence-electron chi connectivity index (χ1n) is 5.94. The molecule has 0 aliphatic carbocycles. The largest absolute Gasteiger partial charge is 0.396 e. The average molecular weight is 229 g/mol. The van der Waals surface area contributed by atoms with Crippen LogP contribution in [0.15, 0.2) is 30.5 Å². The van der Waals surface area contributed by atoms with Crippen LogP contribution in [0.3, 0.4) is 0 Å². The average Bonchev–Trinajstić information content (AvgIpc) is 2.59. The van der Waals surface area contributed by atoms with E-state index >= 15 is 0 Å². The highest BCUT2D eigenvalue weighted by molar-refractivity contribution is 5.42. The van der Waals surface area contributed by atoms with Gasteiger partial charge in [0.2, 0.25) is 0 Å². The van der Waals surface area contributed by atoms with Crippen molar-refractivity contribution < 1.29 is 0 Å². The Morgan fingerprint density at radius 3 is 2.71 bits per heavy atom. The van der Waals surface area contributed by atoms with Crippen molar-refractivity contribution in [1.29, 1.82) is 0 Å². The molecule has 2 N–H and O–H groups in total. The molecule has 1 aromatic heterocycles. The van der Waals surface area contributed by atoms with Gasteiger partial charge in [0.05, 0.1) is 17.9 Å². The lowest BCUT2D eigenvalue weighted by molar-refractivity contribution is 0.657. The van der Waals surface area contributed by atoms with Gasteiger partial charge in [-0.15, -0.1) is 0 Å². The zero-order valence-corrected chi connectivity index (χ0v) is 10.6. The molecule has 0 unspecified atom stereocenters. The summed E-state index contributed by atoms with van der Waals surface area (Å²) in [6.45, 7) is 7.09. The molecule has 0 amide bonds. The molecule has 0 spiro atoms. The molecular weight excluding hydrogens is 210 g/mol. The van der Waals surface area contributed by atoms with Crippen LogP contribution in [0.4, 0.5) is 5.69 Å². The number of aryl methyl sites for hydroxylation is 1. The normalized spacial score (nSPS) is 11.1. The smallest absolute Gasteiger partial charge is 0.0879 e. The lowest BCUT2D eigenvalue weighted by atomic mass is 10.1. The summed E-state index contributed by atoms with van der Waals surface area (Å²) >= 11 is 0. The van der Waals surface area contributed by atoms with Crippen LogP contribution in [0.1, 0.15) is 36.6 Å². The van der Waals surface area contributed by atoms with Crippen LogP contribution in [-0.4, -0.2) is 9.78 Å². The van der Waals surface area contributed by atoms with Gasteiger partial charge in [0.15, 0.2) is 0 Å². The molecule has 90 valence electrons. The quantitative estimate of drug-likeness (QED) is 0.879. The summed E-state index contributed by atoms with van der Waals surface area (Å²) in [6.07, 6.45) is 1.91. The molecule has 17 heavy (non-hydrogen) atoms. The zero-order chi connectivity index (χ0) is 12.4. The SMILES string of the molecule is Cc1cccc(Cn2cc(N)c(C(C)C)n2)c1. The van der Waals surface area contributed by atoms with Gasteiger partial charge in [0.1, 0.15) is 0 Å². The van der Waals surface area contributed by atoms with E-state index in [1.807, 2.05) is 10.9 Å². The number of hydrogen-bond acceptors (Lipinski definition) is 2. The summed E-state index contributed by atoms with van der Waals surface area (Å²) < 4.78 is 1.92. The molecule has 0 radical (unpaired) electrons. The first-order chi connectivity index (χ1) is 8.06. The fourth-order valence-electron chi connectivity index (χ4n) is 1.98. The Hall–Kier alpha value is -1.77. The minimum atomic E-state index is 0.369. The summed E-state index contributed by atoms with van der Waals surface area (Å²) in [7, 11) is 0. The van der Waals surface area contributed by atoms with Gasteiger partial charge in [-0.1, -0.05) is 43.7 Å². The Kier molecular flexibility index (Phi) is 3.18. The molecule has 0 aliphatic rings. The molecule has 0 fully saturated rings. The summed E-state index contributed by atoms with van der Waals surface area (Å²) in [5, 5.41) is 4.53. The molecule has 2 rings (SSSR count). The fraction of sp³-hybridized carbons (Fsp3) is 0.357. The highest BCUT2D eigenvalue weighted by Gasteiger charge is 2.09. The van der Waals surface area contributed by atoms with Crippen LogP contribution < -0.4 is 5.73 Å². The van der Waals surface area contributed by atoms with Gasteiger partial charge >= 0.3 is 0 Å². The number of nitrogen functional groups attached to an aromatic ring is 1. The predicted molar refractivity (Wildman–Crippen MR) is 71.0 cm³/mol. The Morgan fingerprint density at radius 2 is 2.12 bits per heavy atom. The highest BCUT2D eigenvalue weighted by atomic mass is 15.3. The third kappa shape index (κ3) is 2.67. The minimum Gasteiger partial charge on any atom is -0.396 e. The van der Waals surface area contributed by atoms with Gasteiger partial charge in [-0.3, -0.25) is 4.68 Å². The van der Waals surface area contributed by atoms with Gasteiger partial charge in [0.25, 0.3) is 0 Å². The lowest BCUT2D eigenvalue weighted by Crippen LogP contribution is -2.01. The van der Waals surface area contributed by atoms with Gasteiger partial charge in [-0.05, 0) is 18.4 Å². The van der Waals surface area contributed by atoms with Crippen LogP contribution in [0.25, 0.3) is 0 Å². The molecule has 3 heteroatoms. The molecule has 1 heterocycles. The molecule has 0 bridgehead atoms. The predicted octanol–water partition coefficient (Wildman–Crippen LogP) is 2.95. The number of nitrogens with zero attached hydrogens (tertiary/aromatic N) is 2. The topological polar surface area (TPSA) is 43.8 Å². The van der Waals surface area contributed by atoms with Gasteiger partial charge in [0, 0.05) is 6.20 Å². The van der Waals surface area contributed by atoms with E-state index in [9.17, 15) is 0 Å². The van der Waals surface area contributed by atoms with Crippen LogP contribution in [0.2, 0.25) is 0 Å². The second-order valence-electron chi connectivity index (χ2n) is 4.81. The second-order valence-corrected chi connectivity index (χ2v) is 4.81. The van der Waals surface area contributed by atoms with Crippen LogP contribution in [-0.2, 0) is 6.54 Å². The number of nitrogens with two attached hydrogens (primary N) is 1. The molecule has 3 nitrogen and oxygen atoms in total. The molecule has 0 atom stereocenters. The fourth-order valence-corrected chi connectivity index (χ4v) is 1.98. The maximum Gasteiger partial charge on any atom is 0.0879 e. The van der Waals surface area contributed by atoms with Gasteiger partial charge < -0.3 is 5.73 Å². The van der Waals surface area contributed by atoms with E-state index in [1.165, 1.54) is 11.1 Å². The van der Waals surface area contributed by atoms with Crippen LogP contribution in [0.5, 0.6) is 0 Å². The summed E-state index contributed by atoms with van der Waals surface area (Å²) in [5.74, 6) is 0.369. The first kappa shape index (κ1) is 11.7. The molecule has 1 aromatic carbocycles. The maximum atomic E-state index is 5.94. The van der Waals surface area contributed by atoms with E-state index < -0.39 is 0 Å². The van der Waals surface area contributed by atoms with Crippen molar-refractivity contribution in [1.82, 2.24) is 9.78 Å². The Balaban J connectivity index is 2.22. The molecule has 0 saturated heterocycles. The summed E-state index contributed by atoms with van der Waals surface area (Å²) in [5.41, 5.74) is 10.2. The van der Waals surface area contributed by atoms with Crippen molar-refractivity contribution in [3.8, 4) is 0 Å². The third-order valence-electron chi connectivity index (χ3n) is 2.79. The van der Waals surface area contributed by atoms with E-state index in [0.29, 0.717) is 5.92 Å². The zero-order valence-electron chi connectivity index (χ0n) is 10.6.